The van der Waals surface area contributed by atoms with Crippen molar-refractivity contribution in [2.45, 2.75) is 6.42 Å². The molecular formula is C11H12BrNO3. The molecular weight excluding hydrogens is 274 g/mol. The van der Waals surface area contributed by atoms with Gasteiger partial charge in [-0.2, -0.15) is 0 Å². The van der Waals surface area contributed by atoms with Crippen LogP contribution in [0.5, 0.6) is 0 Å². The molecule has 0 aromatic heterocycles. The highest BCUT2D eigenvalue weighted by Crippen LogP contribution is 2.10. The lowest BCUT2D eigenvalue weighted by Crippen LogP contribution is -2.12. The largest absolute Gasteiger partial charge is 0.468 e. The number of rotatable bonds is 6. The molecule has 0 aliphatic carbocycles. The fourth-order valence-corrected chi connectivity index (χ4v) is 1.31. The third-order valence-corrected chi connectivity index (χ3v) is 2.44. The van der Waals surface area contributed by atoms with Gasteiger partial charge in [0, 0.05) is 12.1 Å². The second kappa shape index (κ2) is 7.00. The standard InChI is InChI=1S/C11H12BrNO3/c12-7-11(15)13-10-3-1-9(2-4-10)5-6-16-8-14/h1-4,8H,5-7H2,(H,13,15). The third-order valence-electron chi connectivity index (χ3n) is 1.94. The Balaban J connectivity index is 2.47. The summed E-state index contributed by atoms with van der Waals surface area (Å²) in [6, 6.07) is 7.41. The minimum atomic E-state index is -0.0861. The Bertz CT molecular complexity index is 351. The molecule has 1 amide bonds. The van der Waals surface area contributed by atoms with Crippen molar-refractivity contribution in [2.75, 3.05) is 17.3 Å². The Kier molecular flexibility index (Phi) is 5.56. The highest BCUT2D eigenvalue weighted by molar-refractivity contribution is 9.09. The van der Waals surface area contributed by atoms with E-state index in [9.17, 15) is 9.59 Å². The number of carbonyl (C=O) groups is 2. The first-order chi connectivity index (χ1) is 7.76. The normalized spacial score (nSPS) is 9.56. The van der Waals surface area contributed by atoms with Crippen LogP contribution in [-0.2, 0) is 20.7 Å². The molecule has 0 bridgehead atoms. The summed E-state index contributed by atoms with van der Waals surface area (Å²) in [6.45, 7) is 0.807. The number of hydrogen-bond donors (Lipinski definition) is 1. The molecule has 4 nitrogen and oxygen atoms in total. The predicted molar refractivity (Wildman–Crippen MR) is 64.6 cm³/mol. The number of anilines is 1. The first-order valence-electron chi connectivity index (χ1n) is 4.76. The van der Waals surface area contributed by atoms with E-state index >= 15 is 0 Å². The number of benzene rings is 1. The molecule has 0 aliphatic heterocycles. The fourth-order valence-electron chi connectivity index (χ4n) is 1.17. The second-order valence-electron chi connectivity index (χ2n) is 3.10. The minimum Gasteiger partial charge on any atom is -0.468 e. The van der Waals surface area contributed by atoms with E-state index in [0.717, 1.165) is 11.3 Å². The maximum Gasteiger partial charge on any atom is 0.293 e. The van der Waals surface area contributed by atoms with E-state index in [1.54, 1.807) is 0 Å². The second-order valence-corrected chi connectivity index (χ2v) is 3.66. The lowest BCUT2D eigenvalue weighted by Gasteiger charge is -2.04. The third kappa shape index (κ3) is 4.44. The number of halogens is 1. The number of ether oxygens (including phenoxy) is 1. The summed E-state index contributed by atoms with van der Waals surface area (Å²) in [5.74, 6) is -0.0861. The van der Waals surface area contributed by atoms with Crippen LogP contribution in [0.3, 0.4) is 0 Å². The number of alkyl halides is 1. The summed E-state index contributed by atoms with van der Waals surface area (Å²) in [6.07, 6.45) is 0.672. The van der Waals surface area contributed by atoms with Crippen LogP contribution in [0.25, 0.3) is 0 Å². The molecule has 0 unspecified atom stereocenters. The number of nitrogens with one attached hydrogen (secondary N) is 1. The Labute approximate surface area is 102 Å². The minimum absolute atomic E-state index is 0.0861. The van der Waals surface area contributed by atoms with E-state index in [-0.39, 0.29) is 11.2 Å². The molecule has 1 rings (SSSR count). The number of carbonyl (C=O) groups excluding carboxylic acids is 2. The first kappa shape index (κ1) is 12.7. The van der Waals surface area contributed by atoms with E-state index in [1.807, 2.05) is 24.3 Å². The number of amides is 1. The highest BCUT2D eigenvalue weighted by atomic mass is 79.9. The van der Waals surface area contributed by atoms with Gasteiger partial charge in [0.05, 0.1) is 11.9 Å². The topological polar surface area (TPSA) is 55.4 Å². The van der Waals surface area contributed by atoms with Crippen LogP contribution >= 0.6 is 15.9 Å². The summed E-state index contributed by atoms with van der Waals surface area (Å²) in [4.78, 5) is 21.0. The van der Waals surface area contributed by atoms with E-state index in [0.29, 0.717) is 19.5 Å². The molecule has 0 radical (unpaired) electrons. The van der Waals surface area contributed by atoms with Crippen molar-refractivity contribution in [3.8, 4) is 0 Å². The van der Waals surface area contributed by atoms with Crippen LogP contribution < -0.4 is 5.32 Å². The lowest BCUT2D eigenvalue weighted by atomic mass is 10.1. The van der Waals surface area contributed by atoms with Crippen LogP contribution in [0.1, 0.15) is 5.56 Å². The summed E-state index contributed by atoms with van der Waals surface area (Å²) in [7, 11) is 0. The molecule has 0 heterocycles. The van der Waals surface area contributed by atoms with Crippen molar-refractivity contribution in [3.63, 3.8) is 0 Å². The van der Waals surface area contributed by atoms with Gasteiger partial charge in [-0.15, -0.1) is 0 Å². The van der Waals surface area contributed by atoms with Crippen molar-refractivity contribution >= 4 is 34.0 Å². The predicted octanol–water partition coefficient (Wildman–Crippen LogP) is 1.74. The highest BCUT2D eigenvalue weighted by Gasteiger charge is 1.99. The van der Waals surface area contributed by atoms with Gasteiger partial charge < -0.3 is 10.1 Å². The van der Waals surface area contributed by atoms with Crippen molar-refractivity contribution < 1.29 is 14.3 Å². The van der Waals surface area contributed by atoms with Gasteiger partial charge >= 0.3 is 0 Å². The Morgan fingerprint density at radius 3 is 2.62 bits per heavy atom. The van der Waals surface area contributed by atoms with Gasteiger partial charge in [-0.05, 0) is 17.7 Å². The molecule has 1 aromatic carbocycles. The Morgan fingerprint density at radius 1 is 1.38 bits per heavy atom. The lowest BCUT2D eigenvalue weighted by molar-refractivity contribution is -0.128. The summed E-state index contributed by atoms with van der Waals surface area (Å²) in [5, 5.41) is 2.99. The van der Waals surface area contributed by atoms with Crippen LogP contribution in [0.4, 0.5) is 5.69 Å². The SMILES string of the molecule is O=COCCc1ccc(NC(=O)CBr)cc1. The molecule has 0 saturated carbocycles. The molecule has 0 spiro atoms. The number of hydrogen-bond acceptors (Lipinski definition) is 3. The van der Waals surface area contributed by atoms with Crippen LogP contribution in [-0.4, -0.2) is 24.3 Å². The van der Waals surface area contributed by atoms with E-state index in [4.69, 9.17) is 0 Å². The molecule has 1 N–H and O–H groups in total. The summed E-state index contributed by atoms with van der Waals surface area (Å²) < 4.78 is 4.59. The average Bonchev–Trinajstić information content (AvgIpc) is 2.31. The van der Waals surface area contributed by atoms with Crippen molar-refractivity contribution in [3.05, 3.63) is 29.8 Å². The monoisotopic (exact) mass is 285 g/mol. The van der Waals surface area contributed by atoms with Crippen molar-refractivity contribution in [1.29, 1.82) is 0 Å². The zero-order chi connectivity index (χ0) is 11.8. The summed E-state index contributed by atoms with van der Waals surface area (Å²) >= 11 is 3.07. The van der Waals surface area contributed by atoms with Gasteiger partial charge in [0.1, 0.15) is 0 Å². The van der Waals surface area contributed by atoms with Gasteiger partial charge in [-0.1, -0.05) is 28.1 Å². The fraction of sp³-hybridized carbons (Fsp3) is 0.273. The molecule has 16 heavy (non-hydrogen) atoms. The zero-order valence-electron chi connectivity index (χ0n) is 8.61. The first-order valence-corrected chi connectivity index (χ1v) is 5.88. The molecule has 0 fully saturated rings. The van der Waals surface area contributed by atoms with Gasteiger partial charge in [-0.25, -0.2) is 0 Å². The molecule has 0 atom stereocenters. The zero-order valence-corrected chi connectivity index (χ0v) is 10.2. The smallest absolute Gasteiger partial charge is 0.293 e. The van der Waals surface area contributed by atoms with Crippen molar-refractivity contribution in [1.82, 2.24) is 0 Å². The Hall–Kier alpha value is -1.36. The maximum absolute atomic E-state index is 11.1. The van der Waals surface area contributed by atoms with Gasteiger partial charge in [-0.3, -0.25) is 9.59 Å². The van der Waals surface area contributed by atoms with Crippen LogP contribution in [0, 0.1) is 0 Å². The average molecular weight is 286 g/mol. The van der Waals surface area contributed by atoms with Crippen molar-refractivity contribution in [2.24, 2.45) is 0 Å². The van der Waals surface area contributed by atoms with Crippen LogP contribution in [0.15, 0.2) is 24.3 Å². The maximum atomic E-state index is 11.1. The molecule has 0 saturated heterocycles. The van der Waals surface area contributed by atoms with Gasteiger partial charge in [0.15, 0.2) is 0 Å². The van der Waals surface area contributed by atoms with Gasteiger partial charge in [0.25, 0.3) is 6.47 Å². The molecule has 86 valence electrons. The molecule has 0 aliphatic rings. The molecule has 1 aromatic rings. The van der Waals surface area contributed by atoms with E-state index < -0.39 is 0 Å². The van der Waals surface area contributed by atoms with E-state index in [2.05, 4.69) is 26.0 Å². The van der Waals surface area contributed by atoms with Gasteiger partial charge in [0.2, 0.25) is 5.91 Å². The Morgan fingerprint density at radius 2 is 2.06 bits per heavy atom. The van der Waals surface area contributed by atoms with E-state index in [1.165, 1.54) is 0 Å². The van der Waals surface area contributed by atoms with Crippen LogP contribution in [0.2, 0.25) is 0 Å². The quantitative estimate of drug-likeness (QED) is 0.492. The molecule has 5 heteroatoms. The summed E-state index contributed by atoms with van der Waals surface area (Å²) in [5.41, 5.74) is 1.81.